The van der Waals surface area contributed by atoms with E-state index >= 15 is 0 Å². The molecule has 0 fully saturated rings. The zero-order valence-electron chi connectivity index (χ0n) is 26.4. The molecule has 10 heteroatoms. The number of fused-ring (bicyclic) bond motifs is 1. The van der Waals surface area contributed by atoms with Crippen LogP contribution in [0.15, 0.2) is 66.7 Å². The number of carbonyl (C=O) groups excluding carboxylic acids is 1. The van der Waals surface area contributed by atoms with Gasteiger partial charge in [-0.25, -0.2) is 0 Å². The molecule has 1 aliphatic rings. The van der Waals surface area contributed by atoms with E-state index < -0.39 is 30.5 Å². The number of ether oxygens (including phenoxy) is 3. The van der Waals surface area contributed by atoms with Crippen molar-refractivity contribution in [2.75, 3.05) is 38.3 Å². The molecule has 0 aliphatic carbocycles. The fourth-order valence-corrected chi connectivity index (χ4v) is 5.56. The third-order valence-electron chi connectivity index (χ3n) is 7.31. The van der Waals surface area contributed by atoms with Crippen LogP contribution in [0.4, 0.5) is 5.69 Å². The number of anilines is 1. The SMILES string of the molecule is COc1c(OCCCNCCCc2ccccc2)cccc1[C@@H]1O[C@@H](CC(=O)O)C(=O)N(CC(C)(C)C)c2ccc(Cl)cc21.Cl. The number of nitrogens with zero attached hydrogens (tertiary/aromatic N) is 1. The van der Waals surface area contributed by atoms with Crippen molar-refractivity contribution >= 4 is 41.6 Å². The number of aliphatic carboxylic acids is 1. The van der Waals surface area contributed by atoms with Gasteiger partial charge in [0.05, 0.1) is 20.1 Å². The summed E-state index contributed by atoms with van der Waals surface area (Å²) in [6, 6.07) is 21.3. The van der Waals surface area contributed by atoms with E-state index in [0.717, 1.165) is 32.4 Å². The third-order valence-corrected chi connectivity index (χ3v) is 7.55. The molecule has 0 unspecified atom stereocenters. The van der Waals surface area contributed by atoms with Crippen molar-refractivity contribution in [3.63, 3.8) is 0 Å². The van der Waals surface area contributed by atoms with Crippen molar-refractivity contribution in [1.29, 1.82) is 0 Å². The van der Waals surface area contributed by atoms with Crippen LogP contribution in [0.1, 0.15) is 62.8 Å². The van der Waals surface area contributed by atoms with E-state index in [2.05, 4.69) is 29.6 Å². The summed E-state index contributed by atoms with van der Waals surface area (Å²) < 4.78 is 18.4. The van der Waals surface area contributed by atoms with Gasteiger partial charge in [0.2, 0.25) is 0 Å². The van der Waals surface area contributed by atoms with E-state index in [4.69, 9.17) is 25.8 Å². The highest BCUT2D eigenvalue weighted by atomic mass is 35.5. The van der Waals surface area contributed by atoms with Crippen molar-refractivity contribution in [3.05, 3.63) is 88.4 Å². The molecule has 1 aliphatic heterocycles. The normalized spacial score (nSPS) is 16.4. The van der Waals surface area contributed by atoms with Gasteiger partial charge >= 0.3 is 5.97 Å². The van der Waals surface area contributed by atoms with Gasteiger partial charge in [-0.15, -0.1) is 12.4 Å². The standard InChI is InChI=1S/C35H43ClN2O6.ClH/c1-35(2,3)23-38-28-17-16-25(36)21-27(28)32(44-30(34(38)41)22-31(39)40)26-14-8-15-29(33(26)42-4)43-20-10-19-37-18-9-13-24-11-6-5-7-12-24;/h5-8,11-12,14-17,21,30,32,37H,9-10,13,18-20,22-23H2,1-4H3,(H,39,40);1H/t30-,32-;/m0./s1. The molecular weight excluding hydrogens is 615 g/mol. The van der Waals surface area contributed by atoms with E-state index in [9.17, 15) is 14.7 Å². The number of carboxylic acids is 1. The van der Waals surface area contributed by atoms with Crippen LogP contribution in [0.5, 0.6) is 11.5 Å². The van der Waals surface area contributed by atoms with Crippen molar-refractivity contribution in [1.82, 2.24) is 5.32 Å². The fraction of sp³-hybridized carbons (Fsp3) is 0.429. The van der Waals surface area contributed by atoms with Gasteiger partial charge in [-0.05, 0) is 67.6 Å². The van der Waals surface area contributed by atoms with Gasteiger partial charge in [0.1, 0.15) is 12.2 Å². The number of hydrogen-bond acceptors (Lipinski definition) is 6. The Kier molecular flexibility index (Phi) is 13.5. The predicted molar refractivity (Wildman–Crippen MR) is 180 cm³/mol. The molecule has 1 amide bonds. The average molecular weight is 660 g/mol. The Morgan fingerprint density at radius 2 is 1.76 bits per heavy atom. The maximum absolute atomic E-state index is 13.8. The summed E-state index contributed by atoms with van der Waals surface area (Å²) in [5.74, 6) is -0.529. The van der Waals surface area contributed by atoms with E-state index in [1.807, 2.05) is 45.0 Å². The first-order valence-electron chi connectivity index (χ1n) is 15.1. The molecule has 0 spiro atoms. The summed E-state index contributed by atoms with van der Waals surface area (Å²) in [7, 11) is 1.56. The predicted octanol–water partition coefficient (Wildman–Crippen LogP) is 7.10. The number of para-hydroxylation sites is 1. The Hall–Kier alpha value is -3.30. The van der Waals surface area contributed by atoms with Gasteiger partial charge in [-0.2, -0.15) is 0 Å². The van der Waals surface area contributed by atoms with Crippen LogP contribution >= 0.6 is 24.0 Å². The Balaban J connectivity index is 0.00000552. The van der Waals surface area contributed by atoms with Crippen molar-refractivity contribution in [2.45, 2.75) is 58.7 Å². The van der Waals surface area contributed by atoms with Crippen LogP contribution in [0.25, 0.3) is 0 Å². The minimum absolute atomic E-state index is 0. The lowest BCUT2D eigenvalue weighted by molar-refractivity contribution is -0.147. The molecule has 3 aromatic rings. The summed E-state index contributed by atoms with van der Waals surface area (Å²) in [6.07, 6.45) is 0.383. The Bertz CT molecular complexity index is 1410. The van der Waals surface area contributed by atoms with Crippen LogP contribution in [-0.4, -0.2) is 56.4 Å². The molecule has 2 atom stereocenters. The Morgan fingerprint density at radius 3 is 2.44 bits per heavy atom. The minimum atomic E-state index is -1.21. The average Bonchev–Trinajstić information content (AvgIpc) is 3.08. The van der Waals surface area contributed by atoms with Gasteiger partial charge in [0.15, 0.2) is 11.5 Å². The molecule has 0 radical (unpaired) electrons. The third kappa shape index (κ3) is 10.1. The highest BCUT2D eigenvalue weighted by molar-refractivity contribution is 6.30. The van der Waals surface area contributed by atoms with Gasteiger partial charge < -0.3 is 29.5 Å². The lowest BCUT2D eigenvalue weighted by Gasteiger charge is -2.31. The van der Waals surface area contributed by atoms with Crippen LogP contribution < -0.4 is 19.7 Å². The van der Waals surface area contributed by atoms with Gasteiger partial charge in [-0.3, -0.25) is 9.59 Å². The smallest absolute Gasteiger partial charge is 0.306 e. The number of amides is 1. The minimum Gasteiger partial charge on any atom is -0.492 e. The maximum atomic E-state index is 13.8. The second-order valence-electron chi connectivity index (χ2n) is 12.2. The van der Waals surface area contributed by atoms with E-state index in [1.165, 1.54) is 5.56 Å². The summed E-state index contributed by atoms with van der Waals surface area (Å²) in [5, 5.41) is 13.6. The summed E-state index contributed by atoms with van der Waals surface area (Å²) in [5.41, 5.74) is 2.97. The molecule has 0 saturated heterocycles. The molecule has 45 heavy (non-hydrogen) atoms. The fourth-order valence-electron chi connectivity index (χ4n) is 5.38. The molecule has 0 bridgehead atoms. The molecule has 8 nitrogen and oxygen atoms in total. The van der Waals surface area contributed by atoms with Gasteiger partial charge in [0.25, 0.3) is 5.91 Å². The number of nitrogens with one attached hydrogen (secondary N) is 1. The summed E-state index contributed by atoms with van der Waals surface area (Å²) in [6.45, 7) is 8.65. The van der Waals surface area contributed by atoms with E-state index in [-0.39, 0.29) is 17.8 Å². The molecule has 0 saturated carbocycles. The van der Waals surface area contributed by atoms with Crippen molar-refractivity contribution in [2.24, 2.45) is 5.41 Å². The number of carboxylic acid groups (broad SMARTS) is 1. The lowest BCUT2D eigenvalue weighted by Crippen LogP contribution is -2.44. The van der Waals surface area contributed by atoms with Gasteiger partial charge in [0, 0.05) is 28.4 Å². The van der Waals surface area contributed by atoms with Crippen molar-refractivity contribution in [3.8, 4) is 11.5 Å². The maximum Gasteiger partial charge on any atom is 0.306 e. The van der Waals surface area contributed by atoms with Crippen LogP contribution in [0.2, 0.25) is 5.02 Å². The number of methoxy groups -OCH3 is 1. The number of benzene rings is 3. The highest BCUT2D eigenvalue weighted by Crippen LogP contribution is 2.45. The van der Waals surface area contributed by atoms with Crippen molar-refractivity contribution < 1.29 is 28.9 Å². The zero-order chi connectivity index (χ0) is 31.7. The first-order chi connectivity index (χ1) is 21.1. The largest absolute Gasteiger partial charge is 0.492 e. The zero-order valence-corrected chi connectivity index (χ0v) is 28.0. The topological polar surface area (TPSA) is 97.3 Å². The molecule has 3 aromatic carbocycles. The Labute approximate surface area is 277 Å². The number of hydrogen-bond donors (Lipinski definition) is 2. The first-order valence-corrected chi connectivity index (χ1v) is 15.5. The van der Waals surface area contributed by atoms with Crippen LogP contribution in [0.3, 0.4) is 0 Å². The lowest BCUT2D eigenvalue weighted by atomic mass is 9.94. The quantitative estimate of drug-likeness (QED) is 0.178. The van der Waals surface area contributed by atoms with Crippen LogP contribution in [0, 0.1) is 5.41 Å². The second kappa shape index (κ2) is 16.9. The summed E-state index contributed by atoms with van der Waals surface area (Å²) in [4.78, 5) is 27.2. The molecular formula is C35H44Cl2N2O6. The van der Waals surface area contributed by atoms with Crippen LogP contribution in [-0.2, 0) is 20.7 Å². The molecule has 244 valence electrons. The van der Waals surface area contributed by atoms with E-state index in [0.29, 0.717) is 46.5 Å². The first kappa shape index (κ1) is 36.2. The van der Waals surface area contributed by atoms with Gasteiger partial charge in [-0.1, -0.05) is 74.8 Å². The molecule has 2 N–H and O–H groups in total. The number of halogens is 2. The molecule has 1 heterocycles. The monoisotopic (exact) mass is 658 g/mol. The Morgan fingerprint density at radius 1 is 1.02 bits per heavy atom. The molecule has 0 aromatic heterocycles. The number of rotatable bonds is 14. The highest BCUT2D eigenvalue weighted by Gasteiger charge is 2.40. The van der Waals surface area contributed by atoms with E-state index in [1.54, 1.807) is 30.2 Å². The summed E-state index contributed by atoms with van der Waals surface area (Å²) >= 11 is 6.47. The number of carbonyl (C=O) groups is 2. The second-order valence-corrected chi connectivity index (χ2v) is 12.6. The molecule has 4 rings (SSSR count). The number of aryl methyl sites for hydroxylation is 1.